The van der Waals surface area contributed by atoms with Gasteiger partial charge in [-0.05, 0) is 36.8 Å². The lowest BCUT2D eigenvalue weighted by molar-refractivity contribution is -0.119. The molecule has 5 rings (SSSR count). The van der Waals surface area contributed by atoms with Crippen LogP contribution in [0.25, 0.3) is 21.3 Å². The second kappa shape index (κ2) is 9.50. The fraction of sp³-hybridized carbons (Fsp3) is 0.364. The first kappa shape index (κ1) is 21.3. The highest BCUT2D eigenvalue weighted by atomic mass is 35.5. The monoisotopic (exact) mass is 470 g/mol. The number of carbonyl (C=O) groups excluding carboxylic acids is 1. The van der Waals surface area contributed by atoms with E-state index in [2.05, 4.69) is 15.2 Å². The minimum Gasteiger partial charge on any atom is -0.379 e. The van der Waals surface area contributed by atoms with Gasteiger partial charge in [0.15, 0.2) is 5.13 Å². The Hall–Kier alpha value is -2.59. The van der Waals surface area contributed by atoms with Crippen LogP contribution in [-0.2, 0) is 16.1 Å². The number of hydrogen-bond donors (Lipinski definition) is 0. The zero-order valence-electron chi connectivity index (χ0n) is 17.5. The highest BCUT2D eigenvalue weighted by molar-refractivity contribution is 7.22. The Bertz CT molecular complexity index is 1240. The Kier molecular flexibility index (Phi) is 6.31. The van der Waals surface area contributed by atoms with Crippen LogP contribution in [-0.4, -0.2) is 70.2 Å². The van der Waals surface area contributed by atoms with E-state index in [1.165, 1.54) is 11.3 Å². The van der Waals surface area contributed by atoms with Gasteiger partial charge >= 0.3 is 0 Å². The highest BCUT2D eigenvalue weighted by Crippen LogP contribution is 2.31. The average Bonchev–Trinajstić information content (AvgIpc) is 3.41. The summed E-state index contributed by atoms with van der Waals surface area (Å²) in [7, 11) is 0. The predicted molar refractivity (Wildman–Crippen MR) is 126 cm³/mol. The third-order valence-electron chi connectivity index (χ3n) is 5.54. The van der Waals surface area contributed by atoms with Gasteiger partial charge in [0.25, 0.3) is 5.91 Å². The minimum absolute atomic E-state index is 0.0622. The van der Waals surface area contributed by atoms with Crippen molar-refractivity contribution in [3.8, 4) is 0 Å². The number of hydrogen-bond acceptors (Lipinski definition) is 7. The molecule has 1 aliphatic heterocycles. The molecule has 0 saturated carbocycles. The molecule has 8 nitrogen and oxygen atoms in total. The lowest BCUT2D eigenvalue weighted by Gasteiger charge is -2.27. The third kappa shape index (κ3) is 4.61. The van der Waals surface area contributed by atoms with E-state index in [4.69, 9.17) is 21.3 Å². The number of halogens is 1. The van der Waals surface area contributed by atoms with Gasteiger partial charge in [0.2, 0.25) is 0 Å². The van der Waals surface area contributed by atoms with Crippen molar-refractivity contribution in [2.45, 2.75) is 13.0 Å². The van der Waals surface area contributed by atoms with Crippen molar-refractivity contribution in [2.75, 3.05) is 44.3 Å². The van der Waals surface area contributed by atoms with E-state index in [0.717, 1.165) is 60.5 Å². The van der Waals surface area contributed by atoms with E-state index in [-0.39, 0.29) is 12.5 Å². The van der Waals surface area contributed by atoms with Crippen molar-refractivity contribution in [3.63, 3.8) is 0 Å². The number of para-hydroxylation sites is 1. The van der Waals surface area contributed by atoms with Crippen LogP contribution in [0.4, 0.5) is 5.13 Å². The molecular weight excluding hydrogens is 448 g/mol. The van der Waals surface area contributed by atoms with Crippen LogP contribution in [0.15, 0.2) is 42.5 Å². The Morgan fingerprint density at radius 2 is 2.00 bits per heavy atom. The number of fused-ring (bicyclic) bond motifs is 2. The number of anilines is 1. The second-order valence-electron chi connectivity index (χ2n) is 7.70. The highest BCUT2D eigenvalue weighted by Gasteiger charge is 2.22. The first-order valence-electron chi connectivity index (χ1n) is 10.6. The molecule has 1 aliphatic rings. The number of aromatic nitrogens is 4. The van der Waals surface area contributed by atoms with Gasteiger partial charge < -0.3 is 4.74 Å². The Morgan fingerprint density at radius 3 is 2.88 bits per heavy atom. The molecule has 0 spiro atoms. The molecule has 4 aromatic rings. The van der Waals surface area contributed by atoms with Gasteiger partial charge in [0, 0.05) is 31.2 Å². The molecule has 166 valence electrons. The summed E-state index contributed by atoms with van der Waals surface area (Å²) in [6.45, 7) is 4.99. The van der Waals surface area contributed by atoms with E-state index in [9.17, 15) is 4.79 Å². The van der Waals surface area contributed by atoms with Crippen molar-refractivity contribution < 1.29 is 9.53 Å². The first-order chi connectivity index (χ1) is 15.7. The van der Waals surface area contributed by atoms with Crippen LogP contribution in [0.5, 0.6) is 0 Å². The largest absolute Gasteiger partial charge is 0.379 e. The molecule has 0 aliphatic carbocycles. The number of amides is 1. The van der Waals surface area contributed by atoms with Gasteiger partial charge in [-0.3, -0.25) is 14.6 Å². The lowest BCUT2D eigenvalue weighted by Crippen LogP contribution is -2.40. The number of benzene rings is 2. The summed E-state index contributed by atoms with van der Waals surface area (Å²) in [6.07, 6.45) is 0.848. The van der Waals surface area contributed by atoms with Gasteiger partial charge in [-0.2, -0.15) is 0 Å². The fourth-order valence-electron chi connectivity index (χ4n) is 3.85. The van der Waals surface area contributed by atoms with Gasteiger partial charge in [-0.15, -0.1) is 5.10 Å². The number of carbonyl (C=O) groups is 1. The van der Waals surface area contributed by atoms with E-state index < -0.39 is 0 Å². The predicted octanol–water partition coefficient (Wildman–Crippen LogP) is 3.45. The summed E-state index contributed by atoms with van der Waals surface area (Å²) >= 11 is 7.63. The SMILES string of the molecule is O=C(Cn1nnc2ccccc21)N(CCCN1CCOCC1)c1nc2ccc(Cl)cc2s1. The maximum atomic E-state index is 13.4. The molecule has 32 heavy (non-hydrogen) atoms. The first-order valence-corrected chi connectivity index (χ1v) is 11.8. The summed E-state index contributed by atoms with van der Waals surface area (Å²) in [5.74, 6) is -0.0622. The summed E-state index contributed by atoms with van der Waals surface area (Å²) in [4.78, 5) is 22.3. The molecule has 2 aromatic carbocycles. The molecule has 1 saturated heterocycles. The summed E-state index contributed by atoms with van der Waals surface area (Å²) < 4.78 is 8.04. The molecule has 0 N–H and O–H groups in total. The Morgan fingerprint density at radius 1 is 1.16 bits per heavy atom. The maximum absolute atomic E-state index is 13.4. The number of rotatable bonds is 7. The topological polar surface area (TPSA) is 76.4 Å². The van der Waals surface area contributed by atoms with Crippen molar-refractivity contribution >= 4 is 55.2 Å². The van der Waals surface area contributed by atoms with Crippen LogP contribution in [0.3, 0.4) is 0 Å². The zero-order chi connectivity index (χ0) is 21.9. The van der Waals surface area contributed by atoms with Gasteiger partial charge in [0.1, 0.15) is 12.1 Å². The smallest absolute Gasteiger partial charge is 0.250 e. The van der Waals surface area contributed by atoms with Crippen LogP contribution in [0.1, 0.15) is 6.42 Å². The minimum atomic E-state index is -0.0622. The Balaban J connectivity index is 1.37. The number of nitrogens with zero attached hydrogens (tertiary/aromatic N) is 6. The van der Waals surface area contributed by atoms with Gasteiger partial charge in [-0.1, -0.05) is 40.3 Å². The third-order valence-corrected chi connectivity index (χ3v) is 6.81. The van der Waals surface area contributed by atoms with Crippen molar-refractivity contribution in [3.05, 3.63) is 47.5 Å². The second-order valence-corrected chi connectivity index (χ2v) is 9.14. The molecule has 2 aromatic heterocycles. The zero-order valence-corrected chi connectivity index (χ0v) is 19.1. The van der Waals surface area contributed by atoms with Crippen LogP contribution >= 0.6 is 22.9 Å². The maximum Gasteiger partial charge on any atom is 0.250 e. The van der Waals surface area contributed by atoms with E-state index in [1.807, 2.05) is 42.5 Å². The van der Waals surface area contributed by atoms with E-state index in [1.54, 1.807) is 9.58 Å². The van der Waals surface area contributed by atoms with Crippen LogP contribution in [0, 0.1) is 0 Å². The molecular formula is C22H23ClN6O2S. The summed E-state index contributed by atoms with van der Waals surface area (Å²) in [5, 5.41) is 9.69. The molecule has 0 radical (unpaired) electrons. The number of ether oxygens (including phenoxy) is 1. The number of thiazole rings is 1. The molecule has 1 fully saturated rings. The van der Waals surface area contributed by atoms with Crippen LogP contribution < -0.4 is 4.90 Å². The quantitative estimate of drug-likeness (QED) is 0.412. The summed E-state index contributed by atoms with van der Waals surface area (Å²) in [5.41, 5.74) is 2.45. The van der Waals surface area contributed by atoms with Gasteiger partial charge in [0.05, 0.1) is 28.9 Å². The summed E-state index contributed by atoms with van der Waals surface area (Å²) in [6, 6.07) is 13.2. The Labute approximate surface area is 194 Å². The van der Waals surface area contributed by atoms with E-state index in [0.29, 0.717) is 16.7 Å². The normalized spacial score (nSPS) is 14.9. The lowest BCUT2D eigenvalue weighted by atomic mass is 10.3. The molecule has 10 heteroatoms. The molecule has 3 heterocycles. The molecule has 0 bridgehead atoms. The molecule has 1 amide bonds. The van der Waals surface area contributed by atoms with E-state index >= 15 is 0 Å². The number of morpholine rings is 1. The van der Waals surface area contributed by atoms with Crippen molar-refractivity contribution in [2.24, 2.45) is 0 Å². The van der Waals surface area contributed by atoms with Crippen LogP contribution in [0.2, 0.25) is 5.02 Å². The standard InChI is InChI=1S/C22H23ClN6O2S/c23-16-6-7-18-20(14-16)32-22(24-18)28(9-3-8-27-10-12-31-13-11-27)21(30)15-29-19-5-2-1-4-17(19)25-26-29/h1-2,4-7,14H,3,8-13,15H2. The van der Waals surface area contributed by atoms with Crippen molar-refractivity contribution in [1.82, 2.24) is 24.9 Å². The average molecular weight is 471 g/mol. The molecule has 0 atom stereocenters. The molecule has 0 unspecified atom stereocenters. The van der Waals surface area contributed by atoms with Crippen molar-refractivity contribution in [1.29, 1.82) is 0 Å². The fourth-order valence-corrected chi connectivity index (χ4v) is 5.14. The van der Waals surface area contributed by atoms with Gasteiger partial charge in [-0.25, -0.2) is 9.67 Å².